The van der Waals surface area contributed by atoms with Gasteiger partial charge in [-0.15, -0.1) is 0 Å². The van der Waals surface area contributed by atoms with Crippen LogP contribution in [0.3, 0.4) is 0 Å². The fourth-order valence-corrected chi connectivity index (χ4v) is 2.00. The number of carboxylic acids is 1. The van der Waals surface area contributed by atoms with Crippen molar-refractivity contribution < 1.29 is 19.5 Å². The highest BCUT2D eigenvalue weighted by atomic mass is 16.4. The summed E-state index contributed by atoms with van der Waals surface area (Å²) in [5, 5.41) is 14.1. The van der Waals surface area contributed by atoms with Crippen molar-refractivity contribution in [1.82, 2.24) is 10.6 Å². The minimum absolute atomic E-state index is 0.0300. The predicted molar refractivity (Wildman–Crippen MR) is 94.5 cm³/mol. The molecule has 0 aliphatic carbocycles. The molecule has 0 saturated heterocycles. The lowest BCUT2D eigenvalue weighted by molar-refractivity contribution is -0.143. The Labute approximate surface area is 147 Å². The van der Waals surface area contributed by atoms with Gasteiger partial charge in [0.25, 0.3) is 0 Å². The van der Waals surface area contributed by atoms with E-state index in [1.165, 1.54) is 6.92 Å². The molecule has 0 aromatic heterocycles. The van der Waals surface area contributed by atoms with Crippen molar-refractivity contribution in [3.63, 3.8) is 0 Å². The lowest BCUT2D eigenvalue weighted by Crippen LogP contribution is -2.54. The molecule has 2 amide bonds. The highest BCUT2D eigenvalue weighted by molar-refractivity contribution is 5.91. The van der Waals surface area contributed by atoms with Gasteiger partial charge in [-0.2, -0.15) is 0 Å². The second-order valence-corrected chi connectivity index (χ2v) is 6.00. The summed E-state index contributed by atoms with van der Waals surface area (Å²) < 4.78 is 0. The molecule has 0 rings (SSSR count). The van der Waals surface area contributed by atoms with Gasteiger partial charge in [-0.25, -0.2) is 4.79 Å². The number of amides is 2. The Kier molecular flexibility index (Phi) is 10.2. The summed E-state index contributed by atoms with van der Waals surface area (Å²) in [4.78, 5) is 39.1. The third-order valence-corrected chi connectivity index (χ3v) is 3.83. The van der Waals surface area contributed by atoms with E-state index in [1.54, 1.807) is 6.92 Å². The van der Waals surface area contributed by atoms with Crippen LogP contribution in [0.2, 0.25) is 0 Å². The van der Waals surface area contributed by atoms with Crippen molar-refractivity contribution in [2.45, 2.75) is 58.2 Å². The fourth-order valence-electron chi connectivity index (χ4n) is 2.00. The maximum atomic E-state index is 12.1. The molecule has 0 aliphatic rings. The number of guanidine groups is 1. The van der Waals surface area contributed by atoms with E-state index in [1.807, 2.05) is 6.92 Å². The molecule has 25 heavy (non-hydrogen) atoms. The molecule has 4 atom stereocenters. The summed E-state index contributed by atoms with van der Waals surface area (Å²) in [6, 6.07) is -2.72. The Balaban J connectivity index is 4.47. The van der Waals surface area contributed by atoms with Crippen molar-refractivity contribution in [3.8, 4) is 0 Å². The van der Waals surface area contributed by atoms with Crippen molar-refractivity contribution in [1.29, 1.82) is 0 Å². The number of nitrogens with two attached hydrogens (primary N) is 3. The van der Waals surface area contributed by atoms with Gasteiger partial charge in [0.05, 0.1) is 6.04 Å². The number of nitrogens with one attached hydrogen (secondary N) is 2. The first-order valence-corrected chi connectivity index (χ1v) is 8.24. The van der Waals surface area contributed by atoms with Crippen molar-refractivity contribution in [2.24, 2.45) is 28.1 Å². The Morgan fingerprint density at radius 2 is 1.72 bits per heavy atom. The molecule has 0 spiro atoms. The average molecular weight is 358 g/mol. The molecule has 10 heteroatoms. The monoisotopic (exact) mass is 358 g/mol. The van der Waals surface area contributed by atoms with E-state index in [4.69, 9.17) is 17.2 Å². The maximum Gasteiger partial charge on any atom is 0.326 e. The number of carboxylic acid groups (broad SMARTS) is 1. The van der Waals surface area contributed by atoms with Crippen LogP contribution in [0.25, 0.3) is 0 Å². The number of carbonyl (C=O) groups excluding carboxylic acids is 2. The van der Waals surface area contributed by atoms with Crippen LogP contribution in [0, 0.1) is 5.92 Å². The minimum Gasteiger partial charge on any atom is -0.480 e. The van der Waals surface area contributed by atoms with E-state index in [0.29, 0.717) is 25.8 Å². The van der Waals surface area contributed by atoms with Crippen LogP contribution < -0.4 is 27.8 Å². The van der Waals surface area contributed by atoms with Crippen LogP contribution >= 0.6 is 0 Å². The van der Waals surface area contributed by atoms with Crippen LogP contribution in [-0.2, 0) is 14.4 Å². The number of aliphatic carboxylic acids is 1. The first kappa shape index (κ1) is 22.6. The molecular weight excluding hydrogens is 328 g/mol. The molecule has 0 aromatic rings. The summed E-state index contributed by atoms with van der Waals surface area (Å²) >= 11 is 0. The smallest absolute Gasteiger partial charge is 0.326 e. The summed E-state index contributed by atoms with van der Waals surface area (Å²) in [6.07, 6.45) is 1.46. The first-order valence-electron chi connectivity index (χ1n) is 8.24. The van der Waals surface area contributed by atoms with Crippen molar-refractivity contribution in [3.05, 3.63) is 0 Å². The second kappa shape index (κ2) is 11.2. The van der Waals surface area contributed by atoms with Crippen molar-refractivity contribution in [2.75, 3.05) is 6.54 Å². The third-order valence-electron chi connectivity index (χ3n) is 3.83. The molecule has 0 saturated carbocycles. The Morgan fingerprint density at radius 1 is 1.12 bits per heavy atom. The Morgan fingerprint density at radius 3 is 2.20 bits per heavy atom. The molecule has 9 N–H and O–H groups in total. The molecular formula is C15H30N6O4. The van der Waals surface area contributed by atoms with Gasteiger partial charge in [-0.1, -0.05) is 20.3 Å². The quantitative estimate of drug-likeness (QED) is 0.147. The SMILES string of the molecule is CC[C@H](C)[C@H](NC(=O)[C@H](C)NC(=O)[C@@H](N)CCCN=C(N)N)C(=O)O. The van der Waals surface area contributed by atoms with Crippen LogP contribution in [0.5, 0.6) is 0 Å². The van der Waals surface area contributed by atoms with Crippen LogP contribution in [0.15, 0.2) is 4.99 Å². The van der Waals surface area contributed by atoms with E-state index < -0.39 is 35.9 Å². The van der Waals surface area contributed by atoms with E-state index in [-0.39, 0.29) is 11.9 Å². The lowest BCUT2D eigenvalue weighted by Gasteiger charge is -2.23. The van der Waals surface area contributed by atoms with E-state index >= 15 is 0 Å². The topological polar surface area (TPSA) is 186 Å². The largest absolute Gasteiger partial charge is 0.480 e. The van der Waals surface area contributed by atoms with Crippen LogP contribution in [0.4, 0.5) is 0 Å². The molecule has 0 heterocycles. The summed E-state index contributed by atoms with van der Waals surface area (Å²) in [7, 11) is 0. The highest BCUT2D eigenvalue weighted by Crippen LogP contribution is 2.08. The standard InChI is InChI=1S/C15H30N6O4/c1-4-8(2)11(14(24)25)21-12(22)9(3)20-13(23)10(16)6-5-7-19-15(17)18/h8-11H,4-7,16H2,1-3H3,(H,20,23)(H,21,22)(H,24,25)(H4,17,18,19)/t8-,9-,10-,11-/m0/s1. The number of aliphatic imine (C=N–C) groups is 1. The van der Waals surface area contributed by atoms with E-state index in [0.717, 1.165) is 0 Å². The van der Waals surface area contributed by atoms with Crippen molar-refractivity contribution >= 4 is 23.7 Å². The molecule has 0 aliphatic heterocycles. The molecule has 144 valence electrons. The summed E-state index contributed by atoms with van der Waals surface area (Å²) in [5.41, 5.74) is 16.1. The molecule has 0 unspecified atom stereocenters. The summed E-state index contributed by atoms with van der Waals surface area (Å²) in [6.45, 7) is 5.39. The van der Waals surface area contributed by atoms with Crippen LogP contribution in [0.1, 0.15) is 40.0 Å². The molecule has 0 radical (unpaired) electrons. The number of rotatable bonds is 11. The average Bonchev–Trinajstić information content (AvgIpc) is 2.54. The second-order valence-electron chi connectivity index (χ2n) is 6.00. The maximum absolute atomic E-state index is 12.1. The molecule has 0 bridgehead atoms. The van der Waals surface area contributed by atoms with Gasteiger partial charge in [0, 0.05) is 6.54 Å². The molecule has 0 fully saturated rings. The summed E-state index contributed by atoms with van der Waals surface area (Å²) in [5.74, 6) is -2.45. The van der Waals surface area contributed by atoms with Gasteiger partial charge < -0.3 is 32.9 Å². The zero-order valence-electron chi connectivity index (χ0n) is 15.0. The molecule has 0 aromatic carbocycles. The third kappa shape index (κ3) is 8.89. The molecule has 10 nitrogen and oxygen atoms in total. The number of hydrogen-bond donors (Lipinski definition) is 6. The fraction of sp³-hybridized carbons (Fsp3) is 0.733. The van der Waals surface area contributed by atoms with Gasteiger partial charge in [0.15, 0.2) is 5.96 Å². The number of nitrogens with zero attached hydrogens (tertiary/aromatic N) is 1. The van der Waals surface area contributed by atoms with Gasteiger partial charge in [-0.05, 0) is 25.7 Å². The minimum atomic E-state index is -1.11. The zero-order chi connectivity index (χ0) is 19.6. The van der Waals surface area contributed by atoms with E-state index in [9.17, 15) is 19.5 Å². The van der Waals surface area contributed by atoms with Crippen LogP contribution in [-0.4, -0.2) is 53.5 Å². The normalized spacial score (nSPS) is 15.4. The number of carbonyl (C=O) groups is 3. The predicted octanol–water partition coefficient (Wildman–Crippen LogP) is -1.51. The Bertz CT molecular complexity index is 492. The highest BCUT2D eigenvalue weighted by Gasteiger charge is 2.28. The van der Waals surface area contributed by atoms with Gasteiger partial charge >= 0.3 is 5.97 Å². The van der Waals surface area contributed by atoms with E-state index in [2.05, 4.69) is 15.6 Å². The van der Waals surface area contributed by atoms with Gasteiger partial charge in [0.1, 0.15) is 12.1 Å². The zero-order valence-corrected chi connectivity index (χ0v) is 15.0. The van der Waals surface area contributed by atoms with Gasteiger partial charge in [0.2, 0.25) is 11.8 Å². The first-order chi connectivity index (χ1) is 11.6. The Hall–Kier alpha value is -2.36. The van der Waals surface area contributed by atoms with Gasteiger partial charge in [-0.3, -0.25) is 14.6 Å². The number of hydrogen-bond acceptors (Lipinski definition) is 5. The lowest BCUT2D eigenvalue weighted by atomic mass is 9.99.